The monoisotopic (exact) mass is 191 g/mol. The van der Waals surface area contributed by atoms with E-state index in [4.69, 9.17) is 10.6 Å². The van der Waals surface area contributed by atoms with E-state index in [1.807, 2.05) is 0 Å². The van der Waals surface area contributed by atoms with E-state index >= 15 is 0 Å². The quantitative estimate of drug-likeness (QED) is 0.438. The second kappa shape index (κ2) is 4.06. The van der Waals surface area contributed by atoms with Gasteiger partial charge in [-0.2, -0.15) is 0 Å². The molecule has 0 aliphatic carbocycles. The standard InChI is InChI=1S/C8H5N3O3/c9-11-10-7(12)5-1-3-6(4-2-5)8(13)14/h1-4H,(H,13,14). The Balaban J connectivity index is 2.99. The highest BCUT2D eigenvalue weighted by molar-refractivity contribution is 5.96. The van der Waals surface area contributed by atoms with Gasteiger partial charge in [-0.15, -0.1) is 0 Å². The number of azide groups is 1. The molecule has 14 heavy (non-hydrogen) atoms. The van der Waals surface area contributed by atoms with Gasteiger partial charge < -0.3 is 5.11 Å². The molecule has 1 aromatic rings. The molecular formula is C8H5N3O3. The molecule has 0 radical (unpaired) electrons. The van der Waals surface area contributed by atoms with Crippen LogP contribution in [0.4, 0.5) is 0 Å². The first-order valence-corrected chi connectivity index (χ1v) is 3.58. The Labute approximate surface area is 78.4 Å². The predicted octanol–water partition coefficient (Wildman–Crippen LogP) is 1.84. The van der Waals surface area contributed by atoms with E-state index in [1.54, 1.807) is 0 Å². The summed E-state index contributed by atoms with van der Waals surface area (Å²) in [4.78, 5) is 23.7. The van der Waals surface area contributed by atoms with Crippen molar-refractivity contribution in [3.63, 3.8) is 0 Å². The van der Waals surface area contributed by atoms with Gasteiger partial charge in [-0.05, 0) is 22.8 Å². The molecular weight excluding hydrogens is 186 g/mol. The third kappa shape index (κ3) is 2.09. The van der Waals surface area contributed by atoms with E-state index < -0.39 is 11.9 Å². The summed E-state index contributed by atoms with van der Waals surface area (Å²) in [5.74, 6) is -1.81. The van der Waals surface area contributed by atoms with Crippen molar-refractivity contribution in [3.05, 3.63) is 45.8 Å². The van der Waals surface area contributed by atoms with Gasteiger partial charge in [0.05, 0.1) is 5.56 Å². The highest BCUT2D eigenvalue weighted by atomic mass is 16.4. The van der Waals surface area contributed by atoms with Crippen LogP contribution >= 0.6 is 0 Å². The van der Waals surface area contributed by atoms with Gasteiger partial charge in [0.25, 0.3) is 0 Å². The number of hydrogen-bond acceptors (Lipinski definition) is 2. The van der Waals surface area contributed by atoms with Crippen molar-refractivity contribution in [2.45, 2.75) is 0 Å². The Kier molecular flexibility index (Phi) is 2.83. The van der Waals surface area contributed by atoms with Crippen molar-refractivity contribution in [1.82, 2.24) is 0 Å². The lowest BCUT2D eigenvalue weighted by Gasteiger charge is -1.95. The molecule has 6 heteroatoms. The number of amides is 1. The maximum absolute atomic E-state index is 11.0. The maximum atomic E-state index is 11.0. The Hall–Kier alpha value is -2.33. The van der Waals surface area contributed by atoms with Crippen molar-refractivity contribution in [1.29, 1.82) is 0 Å². The minimum atomic E-state index is -1.08. The second-order valence-electron chi connectivity index (χ2n) is 2.38. The Morgan fingerprint density at radius 3 is 2.14 bits per heavy atom. The summed E-state index contributed by atoms with van der Waals surface area (Å²) in [6, 6.07) is 5.12. The lowest BCUT2D eigenvalue weighted by molar-refractivity contribution is 0.0696. The lowest BCUT2D eigenvalue weighted by atomic mass is 10.1. The molecule has 0 aliphatic rings. The first-order chi connectivity index (χ1) is 6.65. The molecule has 70 valence electrons. The molecule has 0 saturated heterocycles. The zero-order chi connectivity index (χ0) is 10.6. The van der Waals surface area contributed by atoms with Gasteiger partial charge in [-0.1, -0.05) is 12.1 Å². The fourth-order valence-electron chi connectivity index (χ4n) is 0.854. The van der Waals surface area contributed by atoms with Crippen LogP contribution in [0.3, 0.4) is 0 Å². The predicted molar refractivity (Wildman–Crippen MR) is 46.9 cm³/mol. The fourth-order valence-corrected chi connectivity index (χ4v) is 0.854. The number of benzene rings is 1. The van der Waals surface area contributed by atoms with Crippen LogP contribution in [0.1, 0.15) is 20.7 Å². The number of nitrogens with zero attached hydrogens (tertiary/aromatic N) is 3. The molecule has 0 fully saturated rings. The Morgan fingerprint density at radius 2 is 1.71 bits per heavy atom. The highest BCUT2D eigenvalue weighted by Gasteiger charge is 2.05. The van der Waals surface area contributed by atoms with Crippen LogP contribution in [-0.4, -0.2) is 17.0 Å². The van der Waals surface area contributed by atoms with E-state index in [2.05, 4.69) is 10.0 Å². The summed E-state index contributed by atoms with van der Waals surface area (Å²) in [5.41, 5.74) is 8.22. The zero-order valence-corrected chi connectivity index (χ0v) is 6.91. The number of carboxylic acid groups (broad SMARTS) is 1. The normalized spacial score (nSPS) is 8.86. The van der Waals surface area contributed by atoms with Crippen LogP contribution in [0.5, 0.6) is 0 Å². The Morgan fingerprint density at radius 1 is 1.21 bits per heavy atom. The molecule has 0 bridgehead atoms. The first kappa shape index (κ1) is 9.76. The average Bonchev–Trinajstić information content (AvgIpc) is 2.18. The number of carbonyl (C=O) groups excluding carboxylic acids is 1. The smallest absolute Gasteiger partial charge is 0.335 e. The summed E-state index contributed by atoms with van der Waals surface area (Å²) in [5, 5.41) is 11.4. The van der Waals surface area contributed by atoms with Crippen molar-refractivity contribution in [2.24, 2.45) is 5.11 Å². The summed E-state index contributed by atoms with van der Waals surface area (Å²) in [6.07, 6.45) is 0. The molecule has 6 nitrogen and oxygen atoms in total. The number of carboxylic acids is 1. The van der Waals surface area contributed by atoms with Gasteiger partial charge in [0.2, 0.25) is 5.91 Å². The Bertz CT molecular complexity index is 418. The van der Waals surface area contributed by atoms with Crippen LogP contribution in [0, 0.1) is 0 Å². The molecule has 0 spiro atoms. The second-order valence-corrected chi connectivity index (χ2v) is 2.38. The average molecular weight is 191 g/mol. The minimum Gasteiger partial charge on any atom is -0.478 e. The molecule has 0 heterocycles. The van der Waals surface area contributed by atoms with Gasteiger partial charge in [0.15, 0.2) is 0 Å². The molecule has 1 amide bonds. The van der Waals surface area contributed by atoms with Gasteiger partial charge in [0, 0.05) is 10.5 Å². The van der Waals surface area contributed by atoms with E-state index in [0.717, 1.165) is 0 Å². The molecule has 0 unspecified atom stereocenters. The minimum absolute atomic E-state index is 0.0717. The van der Waals surface area contributed by atoms with Crippen LogP contribution in [0.2, 0.25) is 0 Å². The van der Waals surface area contributed by atoms with Gasteiger partial charge in [-0.25, -0.2) is 4.79 Å². The molecule has 0 aliphatic heterocycles. The third-order valence-corrected chi connectivity index (χ3v) is 1.51. The number of aromatic carboxylic acids is 1. The van der Waals surface area contributed by atoms with Gasteiger partial charge in [0.1, 0.15) is 0 Å². The third-order valence-electron chi connectivity index (χ3n) is 1.51. The number of rotatable bonds is 2. The van der Waals surface area contributed by atoms with Gasteiger partial charge >= 0.3 is 5.97 Å². The van der Waals surface area contributed by atoms with Crippen molar-refractivity contribution >= 4 is 11.9 Å². The summed E-state index contributed by atoms with van der Waals surface area (Å²) < 4.78 is 0. The van der Waals surface area contributed by atoms with E-state index in [-0.39, 0.29) is 11.1 Å². The SMILES string of the molecule is [N-]=[N+]=NC(=O)c1ccc(C(=O)O)cc1. The van der Waals surface area contributed by atoms with E-state index in [0.29, 0.717) is 0 Å². The van der Waals surface area contributed by atoms with Crippen molar-refractivity contribution < 1.29 is 14.7 Å². The summed E-state index contributed by atoms with van der Waals surface area (Å²) in [6.45, 7) is 0. The fraction of sp³-hybridized carbons (Fsp3) is 0. The van der Waals surface area contributed by atoms with Crippen molar-refractivity contribution in [3.8, 4) is 0 Å². The van der Waals surface area contributed by atoms with E-state index in [1.165, 1.54) is 24.3 Å². The molecule has 1 rings (SSSR count). The van der Waals surface area contributed by atoms with Crippen LogP contribution in [0.15, 0.2) is 29.4 Å². The maximum Gasteiger partial charge on any atom is 0.335 e. The molecule has 0 aromatic heterocycles. The lowest BCUT2D eigenvalue weighted by Crippen LogP contribution is -1.98. The number of hydrogen-bond donors (Lipinski definition) is 1. The van der Waals surface area contributed by atoms with Crippen LogP contribution in [-0.2, 0) is 0 Å². The topological polar surface area (TPSA) is 103 Å². The summed E-state index contributed by atoms with van der Waals surface area (Å²) >= 11 is 0. The molecule has 1 aromatic carbocycles. The zero-order valence-electron chi connectivity index (χ0n) is 6.91. The van der Waals surface area contributed by atoms with Crippen LogP contribution < -0.4 is 0 Å². The number of carbonyl (C=O) groups is 2. The summed E-state index contributed by atoms with van der Waals surface area (Å²) in [7, 11) is 0. The molecule has 0 saturated carbocycles. The molecule has 1 N–H and O–H groups in total. The largest absolute Gasteiger partial charge is 0.478 e. The van der Waals surface area contributed by atoms with Crippen molar-refractivity contribution in [2.75, 3.05) is 0 Å². The van der Waals surface area contributed by atoms with E-state index in [9.17, 15) is 9.59 Å². The van der Waals surface area contributed by atoms with Gasteiger partial charge in [-0.3, -0.25) is 4.79 Å². The first-order valence-electron chi connectivity index (χ1n) is 3.58. The highest BCUT2D eigenvalue weighted by Crippen LogP contribution is 2.05. The molecule has 0 atom stereocenters. The van der Waals surface area contributed by atoms with Crippen LogP contribution in [0.25, 0.3) is 10.4 Å².